The zero-order valence-corrected chi connectivity index (χ0v) is 7.58. The van der Waals surface area contributed by atoms with Gasteiger partial charge in [0.1, 0.15) is 5.75 Å². The molecule has 0 unspecified atom stereocenters. The van der Waals surface area contributed by atoms with Crippen LogP contribution >= 0.6 is 0 Å². The minimum atomic E-state index is -3.58. The molecule has 0 aliphatic carbocycles. The predicted molar refractivity (Wildman–Crippen MR) is 39.5 cm³/mol. The van der Waals surface area contributed by atoms with Crippen LogP contribution in [0.2, 0.25) is 0 Å². The SMILES string of the molecule is CC(C)C(F)(F)CS(C)(=O)=O. The van der Waals surface area contributed by atoms with Crippen LogP contribution < -0.4 is 0 Å². The molecule has 0 aromatic heterocycles. The second-order valence-electron chi connectivity index (χ2n) is 2.99. The Kier molecular flexibility index (Phi) is 2.99. The van der Waals surface area contributed by atoms with Gasteiger partial charge >= 0.3 is 0 Å². The Morgan fingerprint density at radius 3 is 1.82 bits per heavy atom. The maximum atomic E-state index is 12.7. The largest absolute Gasteiger partial charge is 0.264 e. The monoisotopic (exact) mass is 186 g/mol. The van der Waals surface area contributed by atoms with Crippen LogP contribution in [0.1, 0.15) is 13.8 Å². The van der Waals surface area contributed by atoms with Crippen LogP contribution in [0.4, 0.5) is 8.78 Å². The van der Waals surface area contributed by atoms with Gasteiger partial charge in [-0.2, -0.15) is 0 Å². The summed E-state index contributed by atoms with van der Waals surface area (Å²) in [6.45, 7) is 2.59. The lowest BCUT2D eigenvalue weighted by atomic mass is 10.1. The van der Waals surface area contributed by atoms with E-state index in [-0.39, 0.29) is 0 Å². The molecule has 0 saturated carbocycles. The number of alkyl halides is 2. The highest BCUT2D eigenvalue weighted by Crippen LogP contribution is 2.25. The van der Waals surface area contributed by atoms with E-state index >= 15 is 0 Å². The van der Waals surface area contributed by atoms with E-state index in [0.717, 1.165) is 6.26 Å². The Morgan fingerprint density at radius 2 is 1.73 bits per heavy atom. The number of sulfone groups is 1. The molecule has 2 nitrogen and oxygen atoms in total. The van der Waals surface area contributed by atoms with Gasteiger partial charge in [0.05, 0.1) is 0 Å². The van der Waals surface area contributed by atoms with Crippen molar-refractivity contribution in [3.63, 3.8) is 0 Å². The molecule has 11 heavy (non-hydrogen) atoms. The smallest absolute Gasteiger partial charge is 0.229 e. The highest BCUT2D eigenvalue weighted by molar-refractivity contribution is 7.90. The van der Waals surface area contributed by atoms with E-state index in [0.29, 0.717) is 0 Å². The van der Waals surface area contributed by atoms with Crippen molar-refractivity contribution in [2.75, 3.05) is 12.0 Å². The fourth-order valence-electron chi connectivity index (χ4n) is 0.516. The second-order valence-corrected chi connectivity index (χ2v) is 5.13. The predicted octanol–water partition coefficient (Wildman–Crippen LogP) is 1.32. The Labute approximate surface area is 65.5 Å². The fourth-order valence-corrected chi connectivity index (χ4v) is 1.55. The average Bonchev–Trinajstić information content (AvgIpc) is 1.56. The van der Waals surface area contributed by atoms with E-state index < -0.39 is 27.4 Å². The molecule has 68 valence electrons. The molecule has 0 aliphatic heterocycles. The summed E-state index contributed by atoms with van der Waals surface area (Å²) in [6.07, 6.45) is 0.809. The van der Waals surface area contributed by atoms with Gasteiger partial charge in [-0.25, -0.2) is 17.2 Å². The Hall–Kier alpha value is -0.190. The fraction of sp³-hybridized carbons (Fsp3) is 1.00. The zero-order valence-electron chi connectivity index (χ0n) is 6.77. The van der Waals surface area contributed by atoms with E-state index in [1.807, 2.05) is 0 Å². The van der Waals surface area contributed by atoms with E-state index in [4.69, 9.17) is 0 Å². The van der Waals surface area contributed by atoms with Crippen LogP contribution in [-0.2, 0) is 9.84 Å². The molecule has 0 saturated heterocycles. The first-order valence-electron chi connectivity index (χ1n) is 3.21. The average molecular weight is 186 g/mol. The Balaban J connectivity index is 4.38. The van der Waals surface area contributed by atoms with Crippen LogP contribution in [-0.4, -0.2) is 26.3 Å². The first kappa shape index (κ1) is 10.8. The summed E-state index contributed by atoms with van der Waals surface area (Å²) in [5, 5.41) is 0. The highest BCUT2D eigenvalue weighted by atomic mass is 32.2. The standard InChI is InChI=1S/C6H12F2O2S/c1-5(2)6(7,8)4-11(3,9)10/h5H,4H2,1-3H3. The summed E-state index contributed by atoms with van der Waals surface area (Å²) in [5.41, 5.74) is 0. The van der Waals surface area contributed by atoms with Gasteiger partial charge in [-0.05, 0) is 0 Å². The summed E-state index contributed by atoms with van der Waals surface area (Å²) in [6, 6.07) is 0. The van der Waals surface area contributed by atoms with Crippen LogP contribution in [0.5, 0.6) is 0 Å². The molecule has 0 aromatic carbocycles. The minimum absolute atomic E-state index is 0.809. The Morgan fingerprint density at radius 1 is 1.36 bits per heavy atom. The third-order valence-corrected chi connectivity index (χ3v) is 2.21. The zero-order chi connectivity index (χ0) is 9.28. The second kappa shape index (κ2) is 3.05. The van der Waals surface area contributed by atoms with E-state index in [1.54, 1.807) is 0 Å². The van der Waals surface area contributed by atoms with E-state index in [1.165, 1.54) is 13.8 Å². The third kappa shape index (κ3) is 4.29. The van der Waals surface area contributed by atoms with Gasteiger partial charge in [0, 0.05) is 12.2 Å². The highest BCUT2D eigenvalue weighted by Gasteiger charge is 2.36. The van der Waals surface area contributed by atoms with Gasteiger partial charge in [-0.1, -0.05) is 13.8 Å². The molecule has 5 heteroatoms. The normalized spacial score (nSPS) is 14.0. The number of rotatable bonds is 3. The van der Waals surface area contributed by atoms with Gasteiger partial charge < -0.3 is 0 Å². The lowest BCUT2D eigenvalue weighted by Gasteiger charge is -2.18. The molecule has 0 spiro atoms. The van der Waals surface area contributed by atoms with Crippen molar-refractivity contribution in [2.24, 2.45) is 5.92 Å². The van der Waals surface area contributed by atoms with Crippen molar-refractivity contribution in [1.82, 2.24) is 0 Å². The van der Waals surface area contributed by atoms with E-state index in [2.05, 4.69) is 0 Å². The van der Waals surface area contributed by atoms with Gasteiger partial charge in [0.2, 0.25) is 0 Å². The van der Waals surface area contributed by atoms with Crippen molar-refractivity contribution in [3.8, 4) is 0 Å². The van der Waals surface area contributed by atoms with E-state index in [9.17, 15) is 17.2 Å². The molecule has 0 N–H and O–H groups in total. The van der Waals surface area contributed by atoms with Gasteiger partial charge in [0.25, 0.3) is 5.92 Å². The number of hydrogen-bond acceptors (Lipinski definition) is 2. The number of halogens is 2. The first-order chi connectivity index (χ1) is 4.65. The molecule has 0 heterocycles. The molecule has 0 fully saturated rings. The molecule has 0 aliphatic rings. The van der Waals surface area contributed by atoms with Crippen LogP contribution in [0.25, 0.3) is 0 Å². The summed E-state index contributed by atoms with van der Waals surface area (Å²) in [7, 11) is -3.58. The summed E-state index contributed by atoms with van der Waals surface area (Å²) >= 11 is 0. The summed E-state index contributed by atoms with van der Waals surface area (Å²) < 4.78 is 46.3. The topological polar surface area (TPSA) is 34.1 Å². The van der Waals surface area contributed by atoms with Crippen molar-refractivity contribution in [3.05, 3.63) is 0 Å². The lowest BCUT2D eigenvalue weighted by Crippen LogP contribution is -2.32. The quantitative estimate of drug-likeness (QED) is 0.666. The van der Waals surface area contributed by atoms with Crippen molar-refractivity contribution in [1.29, 1.82) is 0 Å². The van der Waals surface area contributed by atoms with Crippen LogP contribution in [0.15, 0.2) is 0 Å². The molecule has 0 amide bonds. The van der Waals surface area contributed by atoms with Gasteiger partial charge in [-0.15, -0.1) is 0 Å². The third-order valence-electron chi connectivity index (χ3n) is 1.30. The minimum Gasteiger partial charge on any atom is -0.229 e. The molecule has 0 aromatic rings. The van der Waals surface area contributed by atoms with Gasteiger partial charge in [0.15, 0.2) is 9.84 Å². The van der Waals surface area contributed by atoms with Crippen molar-refractivity contribution >= 4 is 9.84 Å². The molecule has 0 atom stereocenters. The maximum Gasteiger partial charge on any atom is 0.264 e. The van der Waals surface area contributed by atoms with Gasteiger partial charge in [-0.3, -0.25) is 0 Å². The Bertz CT molecular complexity index is 219. The number of hydrogen-bond donors (Lipinski definition) is 0. The van der Waals surface area contributed by atoms with Crippen LogP contribution in [0, 0.1) is 5.92 Å². The molecule has 0 bridgehead atoms. The van der Waals surface area contributed by atoms with Crippen LogP contribution in [0.3, 0.4) is 0 Å². The summed E-state index contributed by atoms with van der Waals surface area (Å²) in [5.74, 6) is -5.09. The lowest BCUT2D eigenvalue weighted by molar-refractivity contribution is -0.0213. The van der Waals surface area contributed by atoms with Crippen molar-refractivity contribution in [2.45, 2.75) is 19.8 Å². The molecular weight excluding hydrogens is 174 g/mol. The molecule has 0 rings (SSSR count). The maximum absolute atomic E-state index is 12.7. The molecule has 0 radical (unpaired) electrons. The first-order valence-corrected chi connectivity index (χ1v) is 5.27. The summed E-state index contributed by atoms with van der Waals surface area (Å²) in [4.78, 5) is 0. The molecular formula is C6H12F2O2S. The van der Waals surface area contributed by atoms with Crippen molar-refractivity contribution < 1.29 is 17.2 Å².